The average Bonchev–Trinajstić information content (AvgIpc) is 3.37. The van der Waals surface area contributed by atoms with Gasteiger partial charge in [-0.3, -0.25) is 9.59 Å². The molecule has 0 saturated carbocycles. The Morgan fingerprint density at radius 3 is 2.47 bits per heavy atom. The van der Waals surface area contributed by atoms with Gasteiger partial charge in [0.15, 0.2) is 11.2 Å². The van der Waals surface area contributed by atoms with Gasteiger partial charge in [0.2, 0.25) is 5.78 Å². The van der Waals surface area contributed by atoms with E-state index in [-0.39, 0.29) is 17.0 Å². The second-order valence-corrected chi connectivity index (χ2v) is 9.87. The van der Waals surface area contributed by atoms with Crippen molar-refractivity contribution >= 4 is 39.7 Å². The Balaban J connectivity index is 1.77. The number of Topliss-reactive ketones (excluding diaryl/α,β-unsaturated/α-hetero) is 1. The molecule has 0 amide bonds. The van der Waals surface area contributed by atoms with Crippen LogP contribution in [0, 0.1) is 0 Å². The van der Waals surface area contributed by atoms with Gasteiger partial charge in [0.05, 0.1) is 16.9 Å². The van der Waals surface area contributed by atoms with Crippen LogP contribution in [-0.2, 0) is 6.42 Å². The van der Waals surface area contributed by atoms with Crippen LogP contribution < -0.4 is 5.43 Å². The van der Waals surface area contributed by atoms with Gasteiger partial charge in [0, 0.05) is 10.9 Å². The summed E-state index contributed by atoms with van der Waals surface area (Å²) in [6, 6.07) is 13.0. The number of nitrogens with zero attached hydrogens (tertiary/aromatic N) is 2. The Hall–Kier alpha value is -2.83. The molecule has 5 nitrogen and oxygen atoms in total. The monoisotopic (exact) mass is 464 g/mol. The number of ketones is 1. The standard InChI is InChI=1S/C25H21ClN2O3S/c1-4-18-27-28-25(32-18)21-19(14-7-5-13(6-8-14)12(2)3)20-22(29)16-11-15(26)9-10-17(16)31-24(20)23(21)30/h5-12,19,21H,4H2,1-3H3/t19-,21+/m0/s1. The lowest BCUT2D eigenvalue weighted by Gasteiger charge is -2.18. The first-order chi connectivity index (χ1) is 15.4. The van der Waals surface area contributed by atoms with Gasteiger partial charge < -0.3 is 4.42 Å². The van der Waals surface area contributed by atoms with E-state index in [2.05, 4.69) is 36.2 Å². The molecule has 0 unspecified atom stereocenters. The van der Waals surface area contributed by atoms with Gasteiger partial charge in [-0.15, -0.1) is 21.5 Å². The number of aryl methyl sites for hydroxylation is 1. The van der Waals surface area contributed by atoms with Gasteiger partial charge in [-0.2, -0.15) is 0 Å². The number of halogens is 1. The predicted molar refractivity (Wildman–Crippen MR) is 126 cm³/mol. The molecule has 2 heterocycles. The molecule has 0 aliphatic heterocycles. The molecule has 5 rings (SSSR count). The number of rotatable bonds is 4. The quantitative estimate of drug-likeness (QED) is 0.365. The third-order valence-corrected chi connectivity index (χ3v) is 7.44. The minimum absolute atomic E-state index is 0.112. The molecule has 4 aromatic rings. The van der Waals surface area contributed by atoms with Gasteiger partial charge >= 0.3 is 0 Å². The summed E-state index contributed by atoms with van der Waals surface area (Å²) in [6.07, 6.45) is 0.735. The fourth-order valence-corrected chi connectivity index (χ4v) is 5.44. The fourth-order valence-electron chi connectivity index (χ4n) is 4.34. The Kier molecular flexibility index (Phi) is 5.22. The number of aromatic nitrogens is 2. The van der Waals surface area contributed by atoms with Gasteiger partial charge in [-0.25, -0.2) is 0 Å². The fraction of sp³-hybridized carbons (Fsp3) is 0.280. The van der Waals surface area contributed by atoms with Crippen LogP contribution in [-0.4, -0.2) is 16.0 Å². The van der Waals surface area contributed by atoms with Crippen LogP contribution in [0.4, 0.5) is 0 Å². The summed E-state index contributed by atoms with van der Waals surface area (Å²) in [5.74, 6) is -0.872. The van der Waals surface area contributed by atoms with Crippen molar-refractivity contribution in [1.82, 2.24) is 10.2 Å². The molecular weight excluding hydrogens is 444 g/mol. The summed E-state index contributed by atoms with van der Waals surface area (Å²) in [4.78, 5) is 27.2. The first-order valence-corrected chi connectivity index (χ1v) is 11.8. The second kappa shape index (κ2) is 7.94. The maximum absolute atomic E-state index is 13.6. The van der Waals surface area contributed by atoms with Crippen molar-refractivity contribution in [3.63, 3.8) is 0 Å². The zero-order valence-electron chi connectivity index (χ0n) is 17.9. The smallest absolute Gasteiger partial charge is 0.209 e. The van der Waals surface area contributed by atoms with Crippen molar-refractivity contribution in [2.75, 3.05) is 0 Å². The van der Waals surface area contributed by atoms with E-state index in [1.165, 1.54) is 16.9 Å². The van der Waals surface area contributed by atoms with E-state index < -0.39 is 11.8 Å². The molecule has 0 N–H and O–H groups in total. The molecule has 0 spiro atoms. The lowest BCUT2D eigenvalue weighted by molar-refractivity contribution is 0.0945. The molecule has 2 aromatic heterocycles. The van der Waals surface area contributed by atoms with E-state index in [1.807, 2.05) is 19.1 Å². The first kappa shape index (κ1) is 21.0. The summed E-state index contributed by atoms with van der Waals surface area (Å²) in [6.45, 7) is 6.26. The number of hydrogen-bond donors (Lipinski definition) is 0. The summed E-state index contributed by atoms with van der Waals surface area (Å²) in [7, 11) is 0. The largest absolute Gasteiger partial charge is 0.452 e. The highest BCUT2D eigenvalue weighted by Crippen LogP contribution is 2.48. The highest BCUT2D eigenvalue weighted by Gasteiger charge is 2.47. The zero-order chi connectivity index (χ0) is 22.6. The molecule has 162 valence electrons. The van der Waals surface area contributed by atoms with Gasteiger partial charge in [0.1, 0.15) is 15.6 Å². The number of fused-ring (bicyclic) bond motifs is 2. The van der Waals surface area contributed by atoms with Crippen molar-refractivity contribution < 1.29 is 9.21 Å². The maximum Gasteiger partial charge on any atom is 0.209 e. The molecule has 2 aromatic carbocycles. The molecular formula is C25H21ClN2O3S. The number of carbonyl (C=O) groups excluding carboxylic acids is 1. The normalized spacial score (nSPS) is 18.0. The van der Waals surface area contributed by atoms with Crippen LogP contribution in [0.25, 0.3) is 11.0 Å². The molecule has 1 aliphatic rings. The molecule has 0 fully saturated rings. The zero-order valence-corrected chi connectivity index (χ0v) is 19.5. The van der Waals surface area contributed by atoms with Crippen molar-refractivity contribution in [2.24, 2.45) is 0 Å². The predicted octanol–water partition coefficient (Wildman–Crippen LogP) is 6.10. The third kappa shape index (κ3) is 3.29. The molecule has 0 saturated heterocycles. The van der Waals surface area contributed by atoms with Crippen molar-refractivity contribution in [3.05, 3.63) is 90.2 Å². The third-order valence-electron chi connectivity index (χ3n) is 6.05. The highest BCUT2D eigenvalue weighted by molar-refractivity contribution is 7.11. The lowest BCUT2D eigenvalue weighted by atomic mass is 9.84. The van der Waals surface area contributed by atoms with Crippen molar-refractivity contribution in [1.29, 1.82) is 0 Å². The molecule has 2 atom stereocenters. The van der Waals surface area contributed by atoms with Crippen LogP contribution in [0.3, 0.4) is 0 Å². The summed E-state index contributed by atoms with van der Waals surface area (Å²) in [5.41, 5.74) is 2.58. The molecule has 0 radical (unpaired) electrons. The van der Waals surface area contributed by atoms with E-state index in [0.29, 0.717) is 32.5 Å². The topological polar surface area (TPSA) is 73.1 Å². The molecule has 32 heavy (non-hydrogen) atoms. The Labute approximate surface area is 194 Å². The van der Waals surface area contributed by atoms with E-state index in [4.69, 9.17) is 16.0 Å². The van der Waals surface area contributed by atoms with Gasteiger partial charge in [-0.05, 0) is 41.7 Å². The second-order valence-electron chi connectivity index (χ2n) is 8.34. The van der Waals surface area contributed by atoms with Crippen LogP contribution in [0.15, 0.2) is 51.7 Å². The Bertz CT molecular complexity index is 1410. The first-order valence-electron chi connectivity index (χ1n) is 10.6. The van der Waals surface area contributed by atoms with E-state index in [0.717, 1.165) is 17.0 Å². The average molecular weight is 465 g/mol. The highest BCUT2D eigenvalue weighted by atomic mass is 35.5. The maximum atomic E-state index is 13.6. The minimum Gasteiger partial charge on any atom is -0.452 e. The molecule has 1 aliphatic carbocycles. The van der Waals surface area contributed by atoms with Crippen molar-refractivity contribution in [3.8, 4) is 0 Å². The summed E-state index contributed by atoms with van der Waals surface area (Å²) < 4.78 is 6.00. The minimum atomic E-state index is -0.642. The van der Waals surface area contributed by atoms with Crippen LogP contribution in [0.2, 0.25) is 5.02 Å². The van der Waals surface area contributed by atoms with Crippen LogP contribution in [0.5, 0.6) is 0 Å². The SMILES string of the molecule is CCc1nnc([C@H]2C(=O)c3oc4ccc(Cl)cc4c(=O)c3[C@@H]2c2ccc(C(C)C)cc2)s1. The number of benzene rings is 2. The van der Waals surface area contributed by atoms with E-state index in [9.17, 15) is 9.59 Å². The molecule has 0 bridgehead atoms. The Morgan fingerprint density at radius 1 is 1.06 bits per heavy atom. The van der Waals surface area contributed by atoms with Crippen molar-refractivity contribution in [2.45, 2.75) is 44.9 Å². The number of carbonyl (C=O) groups is 1. The summed E-state index contributed by atoms with van der Waals surface area (Å²) in [5, 5.41) is 10.8. The number of hydrogen-bond acceptors (Lipinski definition) is 6. The van der Waals surface area contributed by atoms with Crippen LogP contribution >= 0.6 is 22.9 Å². The Morgan fingerprint density at radius 2 is 1.81 bits per heavy atom. The van der Waals surface area contributed by atoms with E-state index in [1.54, 1.807) is 18.2 Å². The summed E-state index contributed by atoms with van der Waals surface area (Å²) >= 11 is 7.57. The lowest BCUT2D eigenvalue weighted by Crippen LogP contribution is -2.16. The van der Waals surface area contributed by atoms with Gasteiger partial charge in [-0.1, -0.05) is 56.6 Å². The molecule has 7 heteroatoms. The van der Waals surface area contributed by atoms with Gasteiger partial charge in [0.25, 0.3) is 0 Å². The van der Waals surface area contributed by atoms with E-state index >= 15 is 0 Å². The van der Waals surface area contributed by atoms with Crippen LogP contribution in [0.1, 0.15) is 75.8 Å².